The quantitative estimate of drug-likeness (QED) is 0.554. The highest BCUT2D eigenvalue weighted by atomic mass is 35.5. The standard InChI is InChI=1S/C21H22ClN3O3S/c1-24(14-20(26)23-19-9-3-2-8-18(19)22)21(27)15-25(12-16-6-4-10-28-16)13-17-7-5-11-29-17/h2-11H,12-15H2,1H3,(H,23,26). The zero-order chi connectivity index (χ0) is 20.6. The van der Waals surface area contributed by atoms with Gasteiger partial charge < -0.3 is 14.6 Å². The van der Waals surface area contributed by atoms with Crippen LogP contribution in [0.3, 0.4) is 0 Å². The molecule has 8 heteroatoms. The molecule has 0 aliphatic rings. The molecule has 3 aromatic rings. The number of para-hydroxylation sites is 1. The number of anilines is 1. The molecule has 1 aromatic carbocycles. The molecule has 0 fully saturated rings. The molecule has 0 unspecified atom stereocenters. The first-order chi connectivity index (χ1) is 14.0. The predicted molar refractivity (Wildman–Crippen MR) is 115 cm³/mol. The lowest BCUT2D eigenvalue weighted by Gasteiger charge is -2.24. The Balaban J connectivity index is 1.57. The number of halogens is 1. The molecule has 0 saturated carbocycles. The zero-order valence-corrected chi connectivity index (χ0v) is 17.6. The minimum absolute atomic E-state index is 0.0579. The van der Waals surface area contributed by atoms with E-state index in [-0.39, 0.29) is 24.9 Å². The van der Waals surface area contributed by atoms with Gasteiger partial charge >= 0.3 is 0 Å². The van der Waals surface area contributed by atoms with Crippen LogP contribution in [-0.4, -0.2) is 41.8 Å². The number of amides is 2. The molecule has 152 valence electrons. The van der Waals surface area contributed by atoms with Crippen molar-refractivity contribution in [2.24, 2.45) is 0 Å². The number of nitrogens with zero attached hydrogens (tertiary/aromatic N) is 2. The predicted octanol–water partition coefficient (Wildman–Crippen LogP) is 4.09. The number of furan rings is 1. The van der Waals surface area contributed by atoms with E-state index in [1.807, 2.05) is 34.5 Å². The Hall–Kier alpha value is -2.61. The molecule has 2 aromatic heterocycles. The third-order valence-electron chi connectivity index (χ3n) is 4.23. The van der Waals surface area contributed by atoms with Gasteiger partial charge in [0, 0.05) is 18.5 Å². The minimum Gasteiger partial charge on any atom is -0.468 e. The fourth-order valence-electron chi connectivity index (χ4n) is 2.78. The zero-order valence-electron chi connectivity index (χ0n) is 16.0. The van der Waals surface area contributed by atoms with Crippen LogP contribution in [0.1, 0.15) is 10.6 Å². The lowest BCUT2D eigenvalue weighted by Crippen LogP contribution is -2.41. The van der Waals surface area contributed by atoms with Crippen molar-refractivity contribution in [3.63, 3.8) is 0 Å². The summed E-state index contributed by atoms with van der Waals surface area (Å²) in [6, 6.07) is 14.7. The molecule has 2 amide bonds. The third-order valence-corrected chi connectivity index (χ3v) is 5.42. The second-order valence-corrected chi connectivity index (χ2v) is 8.02. The Labute approximate surface area is 178 Å². The molecule has 3 rings (SSSR count). The molecule has 0 atom stereocenters. The normalized spacial score (nSPS) is 10.9. The summed E-state index contributed by atoms with van der Waals surface area (Å²) in [5.41, 5.74) is 0.525. The summed E-state index contributed by atoms with van der Waals surface area (Å²) in [7, 11) is 1.62. The van der Waals surface area contributed by atoms with Crippen molar-refractivity contribution < 1.29 is 14.0 Å². The summed E-state index contributed by atoms with van der Waals surface area (Å²) in [6.45, 7) is 1.26. The maximum atomic E-state index is 12.7. The van der Waals surface area contributed by atoms with Crippen molar-refractivity contribution in [1.29, 1.82) is 0 Å². The third kappa shape index (κ3) is 6.45. The number of benzene rings is 1. The van der Waals surface area contributed by atoms with E-state index < -0.39 is 0 Å². The fourth-order valence-corrected chi connectivity index (χ4v) is 3.71. The van der Waals surface area contributed by atoms with E-state index >= 15 is 0 Å². The number of thiophene rings is 1. The van der Waals surface area contributed by atoms with Crippen LogP contribution < -0.4 is 5.32 Å². The number of hydrogen-bond donors (Lipinski definition) is 1. The molecule has 0 radical (unpaired) electrons. The van der Waals surface area contributed by atoms with Gasteiger partial charge in [0.15, 0.2) is 0 Å². The lowest BCUT2D eigenvalue weighted by atomic mass is 10.3. The SMILES string of the molecule is CN(CC(=O)Nc1ccccc1Cl)C(=O)CN(Cc1ccco1)Cc1cccs1. The number of hydrogen-bond acceptors (Lipinski definition) is 5. The lowest BCUT2D eigenvalue weighted by molar-refractivity contribution is -0.134. The Morgan fingerprint density at radius 2 is 1.90 bits per heavy atom. The molecule has 0 aliphatic carbocycles. The average Bonchev–Trinajstić information content (AvgIpc) is 3.37. The van der Waals surface area contributed by atoms with Crippen LogP contribution in [0.2, 0.25) is 5.02 Å². The molecule has 0 bridgehead atoms. The molecular formula is C21H22ClN3O3S. The van der Waals surface area contributed by atoms with Crippen LogP contribution in [0.15, 0.2) is 64.6 Å². The largest absolute Gasteiger partial charge is 0.468 e. The first kappa shape index (κ1) is 21.1. The maximum absolute atomic E-state index is 12.7. The first-order valence-electron chi connectivity index (χ1n) is 9.06. The van der Waals surface area contributed by atoms with Crippen molar-refractivity contribution in [2.45, 2.75) is 13.1 Å². The maximum Gasteiger partial charge on any atom is 0.244 e. The highest BCUT2D eigenvalue weighted by molar-refractivity contribution is 7.09. The Bertz CT molecular complexity index is 892. The first-order valence-corrected chi connectivity index (χ1v) is 10.3. The van der Waals surface area contributed by atoms with Gasteiger partial charge in [-0.3, -0.25) is 14.5 Å². The topological polar surface area (TPSA) is 65.8 Å². The van der Waals surface area contributed by atoms with Gasteiger partial charge in [-0.1, -0.05) is 29.8 Å². The van der Waals surface area contributed by atoms with Gasteiger partial charge in [-0.25, -0.2) is 0 Å². The molecule has 0 saturated heterocycles. The van der Waals surface area contributed by atoms with Crippen LogP contribution in [0.4, 0.5) is 5.69 Å². The van der Waals surface area contributed by atoms with Crippen molar-refractivity contribution in [3.8, 4) is 0 Å². The Morgan fingerprint density at radius 1 is 1.07 bits per heavy atom. The number of nitrogens with one attached hydrogen (secondary N) is 1. The van der Waals surface area contributed by atoms with Gasteiger partial charge in [-0.15, -0.1) is 11.3 Å². The number of likely N-dealkylation sites (N-methyl/N-ethyl adjacent to an activating group) is 1. The molecule has 2 heterocycles. The van der Waals surface area contributed by atoms with Crippen molar-refractivity contribution in [1.82, 2.24) is 9.80 Å². The van der Waals surface area contributed by atoms with Gasteiger partial charge in [0.2, 0.25) is 11.8 Å². The summed E-state index contributed by atoms with van der Waals surface area (Å²) in [5.74, 6) is 0.334. The summed E-state index contributed by atoms with van der Waals surface area (Å²) >= 11 is 7.70. The van der Waals surface area contributed by atoms with Crippen LogP contribution in [0.5, 0.6) is 0 Å². The van der Waals surface area contributed by atoms with Crippen LogP contribution in [0.25, 0.3) is 0 Å². The van der Waals surface area contributed by atoms with Gasteiger partial charge in [0.05, 0.1) is 36.6 Å². The van der Waals surface area contributed by atoms with E-state index in [1.54, 1.807) is 48.9 Å². The highest BCUT2D eigenvalue weighted by Crippen LogP contribution is 2.20. The van der Waals surface area contributed by atoms with Crippen LogP contribution in [-0.2, 0) is 22.7 Å². The summed E-state index contributed by atoms with van der Waals surface area (Å²) in [6.07, 6.45) is 1.62. The summed E-state index contributed by atoms with van der Waals surface area (Å²) in [5, 5.41) is 5.19. The Kier molecular flexibility index (Phi) is 7.46. The van der Waals surface area contributed by atoms with E-state index in [0.717, 1.165) is 10.6 Å². The number of rotatable bonds is 9. The molecule has 0 spiro atoms. The molecule has 29 heavy (non-hydrogen) atoms. The summed E-state index contributed by atoms with van der Waals surface area (Å²) in [4.78, 5) is 29.6. The van der Waals surface area contributed by atoms with Gasteiger partial charge in [0.25, 0.3) is 0 Å². The number of carbonyl (C=O) groups excluding carboxylic acids is 2. The highest BCUT2D eigenvalue weighted by Gasteiger charge is 2.19. The second kappa shape index (κ2) is 10.2. The molecule has 0 aliphatic heterocycles. The minimum atomic E-state index is -0.301. The van der Waals surface area contributed by atoms with E-state index in [9.17, 15) is 9.59 Å². The van der Waals surface area contributed by atoms with E-state index in [4.69, 9.17) is 16.0 Å². The van der Waals surface area contributed by atoms with E-state index in [1.165, 1.54) is 4.90 Å². The Morgan fingerprint density at radius 3 is 2.59 bits per heavy atom. The van der Waals surface area contributed by atoms with E-state index in [2.05, 4.69) is 5.32 Å². The second-order valence-electron chi connectivity index (χ2n) is 6.58. The monoisotopic (exact) mass is 431 g/mol. The van der Waals surface area contributed by atoms with Gasteiger partial charge in [-0.2, -0.15) is 0 Å². The molecular weight excluding hydrogens is 410 g/mol. The fraction of sp³-hybridized carbons (Fsp3) is 0.238. The van der Waals surface area contributed by atoms with Crippen LogP contribution >= 0.6 is 22.9 Å². The van der Waals surface area contributed by atoms with Crippen molar-refractivity contribution >= 4 is 40.4 Å². The van der Waals surface area contributed by atoms with E-state index in [0.29, 0.717) is 23.8 Å². The van der Waals surface area contributed by atoms with Gasteiger partial charge in [-0.05, 0) is 35.7 Å². The summed E-state index contributed by atoms with van der Waals surface area (Å²) < 4.78 is 5.43. The van der Waals surface area contributed by atoms with Crippen LogP contribution in [0, 0.1) is 0 Å². The number of carbonyl (C=O) groups is 2. The molecule has 1 N–H and O–H groups in total. The van der Waals surface area contributed by atoms with Crippen molar-refractivity contribution in [2.75, 3.05) is 25.5 Å². The van der Waals surface area contributed by atoms with Crippen molar-refractivity contribution in [3.05, 3.63) is 75.8 Å². The average molecular weight is 432 g/mol. The van der Waals surface area contributed by atoms with Gasteiger partial charge in [0.1, 0.15) is 5.76 Å². The molecule has 6 nitrogen and oxygen atoms in total. The smallest absolute Gasteiger partial charge is 0.244 e.